The summed E-state index contributed by atoms with van der Waals surface area (Å²) in [5, 5.41) is 5.53. The average Bonchev–Trinajstić information content (AvgIpc) is 2.84. The number of fused-ring (bicyclic) bond motifs is 6. The van der Waals surface area contributed by atoms with Gasteiger partial charge >= 0.3 is 7.60 Å². The summed E-state index contributed by atoms with van der Waals surface area (Å²) in [5.74, 6) is 0.556. The van der Waals surface area contributed by atoms with Crippen molar-refractivity contribution in [2.45, 2.75) is 0 Å². The van der Waals surface area contributed by atoms with Crippen molar-refractivity contribution in [2.24, 2.45) is 0 Å². The van der Waals surface area contributed by atoms with Crippen LogP contribution in [0.2, 0.25) is 0 Å². The summed E-state index contributed by atoms with van der Waals surface area (Å²) in [6.45, 7) is 1.45. The monoisotopic (exact) mass is 450 g/mol. The Morgan fingerprint density at radius 3 is 1.27 bits per heavy atom. The minimum atomic E-state index is -3.63. The molecular formula is C27H19N2O3P. The molecule has 0 aliphatic rings. The molecule has 33 heavy (non-hydrogen) atoms. The van der Waals surface area contributed by atoms with Crippen molar-refractivity contribution in [3.8, 4) is 11.8 Å². The average molecular weight is 450 g/mol. The van der Waals surface area contributed by atoms with E-state index in [-0.39, 0.29) is 11.8 Å². The molecule has 5 nitrogen and oxygen atoms in total. The Bertz CT molecular complexity index is 1610. The molecule has 0 aliphatic heterocycles. The Labute approximate surface area is 190 Å². The molecule has 0 spiro atoms. The number of pyridine rings is 2. The van der Waals surface area contributed by atoms with Crippen LogP contribution in [-0.2, 0) is 4.57 Å². The highest BCUT2D eigenvalue weighted by molar-refractivity contribution is 7.53. The van der Waals surface area contributed by atoms with Gasteiger partial charge in [0.05, 0.1) is 17.7 Å². The lowest BCUT2D eigenvalue weighted by Gasteiger charge is -2.18. The van der Waals surface area contributed by atoms with Crippen LogP contribution in [0.1, 0.15) is 0 Å². The highest BCUT2D eigenvalue weighted by Crippen LogP contribution is 2.48. The molecule has 2 heterocycles. The number of benzene rings is 4. The van der Waals surface area contributed by atoms with Crippen LogP contribution in [0, 0.1) is 0 Å². The SMILES string of the molecule is CP(=O)(Oc1nc2ccccc2c2ccccc12)Oc1nc2ccccc2c2ccccc12. The van der Waals surface area contributed by atoms with Crippen LogP contribution in [-0.4, -0.2) is 16.6 Å². The fourth-order valence-corrected chi connectivity index (χ4v) is 5.16. The summed E-state index contributed by atoms with van der Waals surface area (Å²) in [7, 11) is -3.63. The molecule has 0 N–H and O–H groups in total. The predicted molar refractivity (Wildman–Crippen MR) is 133 cm³/mol. The van der Waals surface area contributed by atoms with Crippen molar-refractivity contribution >= 4 is 50.9 Å². The maximum absolute atomic E-state index is 13.6. The maximum atomic E-state index is 13.6. The molecule has 2 aromatic heterocycles. The molecule has 6 rings (SSSR count). The Hall–Kier alpha value is -3.95. The highest BCUT2D eigenvalue weighted by atomic mass is 31.2. The van der Waals surface area contributed by atoms with Gasteiger partial charge < -0.3 is 9.05 Å². The zero-order valence-corrected chi connectivity index (χ0v) is 18.7. The molecule has 0 bridgehead atoms. The zero-order chi connectivity index (χ0) is 22.4. The molecule has 0 saturated heterocycles. The second-order valence-corrected chi connectivity index (χ2v) is 9.82. The van der Waals surface area contributed by atoms with Gasteiger partial charge in [-0.05, 0) is 35.0 Å². The second kappa shape index (κ2) is 7.58. The van der Waals surface area contributed by atoms with Crippen molar-refractivity contribution in [3.05, 3.63) is 97.1 Å². The molecule has 0 amide bonds. The fourth-order valence-electron chi connectivity index (χ4n) is 4.22. The predicted octanol–water partition coefficient (Wildman–Crippen LogP) is 7.37. The molecular weight excluding hydrogens is 431 g/mol. The molecule has 6 heteroatoms. The van der Waals surface area contributed by atoms with Crippen LogP contribution in [0.4, 0.5) is 0 Å². The van der Waals surface area contributed by atoms with Crippen molar-refractivity contribution in [2.75, 3.05) is 6.66 Å². The Morgan fingerprint density at radius 1 is 0.515 bits per heavy atom. The lowest BCUT2D eigenvalue weighted by molar-refractivity contribution is 0.387. The van der Waals surface area contributed by atoms with Crippen molar-refractivity contribution in [3.63, 3.8) is 0 Å². The lowest BCUT2D eigenvalue weighted by atomic mass is 10.1. The fraction of sp³-hybridized carbons (Fsp3) is 0.0370. The van der Waals surface area contributed by atoms with E-state index in [1.165, 1.54) is 6.66 Å². The third-order valence-electron chi connectivity index (χ3n) is 5.65. The summed E-state index contributed by atoms with van der Waals surface area (Å²) in [6.07, 6.45) is 0. The van der Waals surface area contributed by atoms with Gasteiger partial charge in [0.25, 0.3) is 0 Å². The van der Waals surface area contributed by atoms with E-state index in [4.69, 9.17) is 9.05 Å². The number of rotatable bonds is 4. The molecule has 6 aromatic rings. The first kappa shape index (κ1) is 19.7. The minimum absolute atomic E-state index is 0.278. The molecule has 4 aromatic carbocycles. The van der Waals surface area contributed by atoms with Gasteiger partial charge in [0.15, 0.2) is 0 Å². The van der Waals surface area contributed by atoms with E-state index in [1.54, 1.807) is 0 Å². The van der Waals surface area contributed by atoms with Gasteiger partial charge in [-0.3, -0.25) is 0 Å². The first-order valence-corrected chi connectivity index (χ1v) is 12.6. The Kier molecular flexibility index (Phi) is 4.53. The Morgan fingerprint density at radius 2 is 0.848 bits per heavy atom. The normalized spacial score (nSPS) is 11.9. The summed E-state index contributed by atoms with van der Waals surface area (Å²) < 4.78 is 25.5. The first-order valence-electron chi connectivity index (χ1n) is 10.6. The van der Waals surface area contributed by atoms with E-state index in [9.17, 15) is 4.57 Å². The van der Waals surface area contributed by atoms with Gasteiger partial charge in [-0.1, -0.05) is 72.8 Å². The van der Waals surface area contributed by atoms with Crippen LogP contribution in [0.5, 0.6) is 11.8 Å². The van der Waals surface area contributed by atoms with E-state index in [0.717, 1.165) is 43.4 Å². The lowest BCUT2D eigenvalue weighted by Crippen LogP contribution is -2.03. The van der Waals surface area contributed by atoms with Crippen molar-refractivity contribution in [1.29, 1.82) is 0 Å². The number of nitrogens with zero attached hydrogens (tertiary/aromatic N) is 2. The van der Waals surface area contributed by atoms with E-state index in [2.05, 4.69) is 9.97 Å². The summed E-state index contributed by atoms with van der Waals surface area (Å²) >= 11 is 0. The van der Waals surface area contributed by atoms with Gasteiger partial charge in [0.2, 0.25) is 11.8 Å². The maximum Gasteiger partial charge on any atom is 0.430 e. The molecule has 0 atom stereocenters. The standard InChI is InChI=1S/C27H19N2O3P/c1-33(30,31-26-22-14-4-2-10-18(22)20-12-6-8-16-24(20)28-26)32-27-23-15-5-3-11-19(23)21-13-7-9-17-25(21)29-27/h2-17H,1H3. The summed E-state index contributed by atoms with van der Waals surface area (Å²) in [4.78, 5) is 9.30. The van der Waals surface area contributed by atoms with Gasteiger partial charge in [-0.2, -0.15) is 0 Å². The van der Waals surface area contributed by atoms with Gasteiger partial charge in [-0.25, -0.2) is 14.5 Å². The van der Waals surface area contributed by atoms with E-state index >= 15 is 0 Å². The van der Waals surface area contributed by atoms with Gasteiger partial charge in [0, 0.05) is 21.5 Å². The van der Waals surface area contributed by atoms with E-state index in [0.29, 0.717) is 0 Å². The molecule has 0 unspecified atom stereocenters. The highest BCUT2D eigenvalue weighted by Gasteiger charge is 2.25. The zero-order valence-electron chi connectivity index (χ0n) is 17.8. The quantitative estimate of drug-likeness (QED) is 0.207. The third kappa shape index (κ3) is 3.47. The van der Waals surface area contributed by atoms with Crippen LogP contribution in [0.3, 0.4) is 0 Å². The van der Waals surface area contributed by atoms with Gasteiger partial charge in [-0.15, -0.1) is 0 Å². The van der Waals surface area contributed by atoms with Crippen molar-refractivity contribution < 1.29 is 13.6 Å². The van der Waals surface area contributed by atoms with Gasteiger partial charge in [0.1, 0.15) is 0 Å². The topological polar surface area (TPSA) is 61.3 Å². The molecule has 0 radical (unpaired) electrons. The van der Waals surface area contributed by atoms with Crippen LogP contribution in [0.25, 0.3) is 43.4 Å². The number of hydrogen-bond donors (Lipinski definition) is 0. The van der Waals surface area contributed by atoms with Crippen molar-refractivity contribution in [1.82, 2.24) is 9.97 Å². The first-order chi connectivity index (χ1) is 16.1. The molecule has 0 aliphatic carbocycles. The van der Waals surface area contributed by atoms with Crippen LogP contribution >= 0.6 is 7.60 Å². The largest absolute Gasteiger partial charge is 0.430 e. The van der Waals surface area contributed by atoms with Crippen LogP contribution < -0.4 is 9.05 Å². The second-order valence-electron chi connectivity index (χ2n) is 7.91. The number of hydrogen-bond acceptors (Lipinski definition) is 5. The Balaban J connectivity index is 1.46. The number of para-hydroxylation sites is 2. The third-order valence-corrected chi connectivity index (χ3v) is 6.66. The van der Waals surface area contributed by atoms with Crippen LogP contribution in [0.15, 0.2) is 97.1 Å². The molecule has 0 saturated carbocycles. The van der Waals surface area contributed by atoms with E-state index < -0.39 is 7.60 Å². The number of aromatic nitrogens is 2. The van der Waals surface area contributed by atoms with E-state index in [1.807, 2.05) is 97.1 Å². The summed E-state index contributed by atoms with van der Waals surface area (Å²) in [6, 6.07) is 31.2. The smallest absolute Gasteiger partial charge is 0.397 e. The minimum Gasteiger partial charge on any atom is -0.397 e. The molecule has 0 fully saturated rings. The summed E-state index contributed by atoms with van der Waals surface area (Å²) in [5.41, 5.74) is 1.53. The molecule has 160 valence electrons.